The number of nitrogens with one attached hydrogen (secondary N) is 1. The van der Waals surface area contributed by atoms with Crippen molar-refractivity contribution in [2.45, 2.75) is 62.5 Å². The summed E-state index contributed by atoms with van der Waals surface area (Å²) >= 11 is 6.31. The first-order valence-corrected chi connectivity index (χ1v) is 11.2. The van der Waals surface area contributed by atoms with Gasteiger partial charge in [0.1, 0.15) is 5.01 Å². The van der Waals surface area contributed by atoms with Crippen molar-refractivity contribution in [1.29, 1.82) is 0 Å². The molecule has 0 saturated carbocycles. The number of nitrogens with zero attached hydrogens (tertiary/aromatic N) is 1. The van der Waals surface area contributed by atoms with Crippen molar-refractivity contribution in [3.63, 3.8) is 0 Å². The fourth-order valence-corrected chi connectivity index (χ4v) is 7.80. The molecule has 21 heavy (non-hydrogen) atoms. The molecule has 1 saturated heterocycles. The molecule has 1 aliphatic heterocycles. The smallest absolute Gasteiger partial charge is 0.107 e. The molecule has 1 aromatic heterocycles. The van der Waals surface area contributed by atoms with Crippen LogP contribution in [0.4, 0.5) is 0 Å². The van der Waals surface area contributed by atoms with E-state index < -0.39 is 0 Å². The molecule has 3 rings (SSSR count). The Hall–Kier alpha value is 0.290. The summed E-state index contributed by atoms with van der Waals surface area (Å²) in [5, 5.41) is 6.51. The third-order valence-corrected chi connectivity index (χ3v) is 8.93. The highest BCUT2D eigenvalue weighted by atomic mass is 32.2. The lowest BCUT2D eigenvalue weighted by molar-refractivity contribution is 0.453. The van der Waals surface area contributed by atoms with Gasteiger partial charge in [0.05, 0.1) is 17.0 Å². The number of hydrogen-bond acceptors (Lipinski definition) is 5. The Morgan fingerprint density at radius 3 is 2.90 bits per heavy atom. The quantitative estimate of drug-likeness (QED) is 0.829. The van der Waals surface area contributed by atoms with Crippen molar-refractivity contribution in [3.05, 3.63) is 15.6 Å². The Kier molecular flexibility index (Phi) is 5.93. The predicted octanol–water partition coefficient (Wildman–Crippen LogP) is 4.82. The van der Waals surface area contributed by atoms with Gasteiger partial charge < -0.3 is 5.32 Å². The average molecular weight is 343 g/mol. The van der Waals surface area contributed by atoms with Crippen LogP contribution in [0.25, 0.3) is 0 Å². The zero-order valence-corrected chi connectivity index (χ0v) is 15.5. The Balaban J connectivity index is 1.80. The van der Waals surface area contributed by atoms with E-state index >= 15 is 0 Å². The van der Waals surface area contributed by atoms with Gasteiger partial charge in [-0.25, -0.2) is 4.98 Å². The molecule has 0 radical (unpaired) electrons. The number of aromatic nitrogens is 1. The Bertz CT molecular complexity index is 460. The van der Waals surface area contributed by atoms with Crippen LogP contribution in [0, 0.1) is 0 Å². The molecule has 118 valence electrons. The second-order valence-electron chi connectivity index (χ2n) is 5.87. The van der Waals surface area contributed by atoms with Crippen LogP contribution in [0.15, 0.2) is 0 Å². The summed E-state index contributed by atoms with van der Waals surface area (Å²) in [4.78, 5) is 6.69. The average Bonchev–Trinajstić information content (AvgIpc) is 2.97. The van der Waals surface area contributed by atoms with E-state index in [1.54, 1.807) is 4.88 Å². The SMILES string of the molecule is CCCNC1CCCc2sc(C3SCCSC3CC)nc21. The van der Waals surface area contributed by atoms with Crippen LogP contribution in [0.5, 0.6) is 0 Å². The fraction of sp³-hybridized carbons (Fsp3) is 0.812. The molecule has 0 aromatic carbocycles. The van der Waals surface area contributed by atoms with E-state index in [0.717, 1.165) is 11.8 Å². The maximum atomic E-state index is 5.13. The second-order valence-corrected chi connectivity index (χ2v) is 9.58. The molecule has 0 bridgehead atoms. The molecule has 1 aliphatic carbocycles. The second kappa shape index (κ2) is 7.71. The molecule has 3 atom stereocenters. The van der Waals surface area contributed by atoms with Crippen molar-refractivity contribution < 1.29 is 0 Å². The zero-order valence-electron chi connectivity index (χ0n) is 13.1. The molecule has 5 heteroatoms. The maximum Gasteiger partial charge on any atom is 0.107 e. The Morgan fingerprint density at radius 2 is 2.10 bits per heavy atom. The largest absolute Gasteiger partial charge is 0.309 e. The lowest BCUT2D eigenvalue weighted by Crippen LogP contribution is -2.25. The van der Waals surface area contributed by atoms with Crippen molar-refractivity contribution in [2.75, 3.05) is 18.1 Å². The number of thiazole rings is 1. The van der Waals surface area contributed by atoms with Crippen molar-refractivity contribution in [2.24, 2.45) is 0 Å². The molecule has 1 fully saturated rings. The number of fused-ring (bicyclic) bond motifs is 1. The van der Waals surface area contributed by atoms with Crippen LogP contribution in [0.1, 0.15) is 66.4 Å². The van der Waals surface area contributed by atoms with Gasteiger partial charge in [-0.05, 0) is 38.6 Å². The Labute approximate surface area is 141 Å². The normalized spacial score (nSPS) is 29.3. The van der Waals surface area contributed by atoms with E-state index in [1.165, 1.54) is 54.3 Å². The summed E-state index contributed by atoms with van der Waals surface area (Å²) in [6.07, 6.45) is 6.30. The van der Waals surface area contributed by atoms with Gasteiger partial charge in [0.25, 0.3) is 0 Å². The minimum Gasteiger partial charge on any atom is -0.309 e. The molecule has 2 heterocycles. The zero-order chi connectivity index (χ0) is 14.7. The van der Waals surface area contributed by atoms with Crippen LogP contribution in [-0.4, -0.2) is 28.3 Å². The first-order chi connectivity index (χ1) is 10.3. The minimum absolute atomic E-state index is 0.514. The lowest BCUT2D eigenvalue weighted by atomic mass is 9.97. The molecule has 1 N–H and O–H groups in total. The van der Waals surface area contributed by atoms with E-state index in [0.29, 0.717) is 11.3 Å². The van der Waals surface area contributed by atoms with Gasteiger partial charge in [-0.3, -0.25) is 0 Å². The summed E-state index contributed by atoms with van der Waals surface area (Å²) in [5.74, 6) is 2.60. The van der Waals surface area contributed by atoms with Crippen molar-refractivity contribution in [1.82, 2.24) is 10.3 Å². The van der Waals surface area contributed by atoms with E-state index in [2.05, 4.69) is 42.7 Å². The number of thioether (sulfide) groups is 2. The Morgan fingerprint density at radius 1 is 1.24 bits per heavy atom. The van der Waals surface area contributed by atoms with Crippen LogP contribution < -0.4 is 5.32 Å². The van der Waals surface area contributed by atoms with E-state index in [1.807, 2.05) is 11.3 Å². The predicted molar refractivity (Wildman–Crippen MR) is 97.8 cm³/mol. The molecule has 2 nitrogen and oxygen atoms in total. The first kappa shape index (κ1) is 16.2. The van der Waals surface area contributed by atoms with Crippen molar-refractivity contribution in [3.8, 4) is 0 Å². The highest BCUT2D eigenvalue weighted by Gasteiger charge is 2.32. The highest BCUT2D eigenvalue weighted by molar-refractivity contribution is 8.06. The third-order valence-electron chi connectivity index (χ3n) is 4.31. The van der Waals surface area contributed by atoms with Gasteiger partial charge in [-0.15, -0.1) is 23.1 Å². The summed E-state index contributed by atoms with van der Waals surface area (Å²) in [5.41, 5.74) is 1.39. The van der Waals surface area contributed by atoms with Gasteiger partial charge in [0, 0.05) is 21.6 Å². The monoisotopic (exact) mass is 342 g/mol. The number of aryl methyl sites for hydroxylation is 1. The van der Waals surface area contributed by atoms with Crippen LogP contribution in [-0.2, 0) is 6.42 Å². The van der Waals surface area contributed by atoms with E-state index in [4.69, 9.17) is 4.98 Å². The van der Waals surface area contributed by atoms with Gasteiger partial charge in [-0.1, -0.05) is 13.8 Å². The molecular formula is C16H26N2S3. The number of rotatable bonds is 5. The molecule has 1 aromatic rings. The third kappa shape index (κ3) is 3.62. The van der Waals surface area contributed by atoms with Crippen molar-refractivity contribution >= 4 is 34.9 Å². The van der Waals surface area contributed by atoms with Gasteiger partial charge in [0.15, 0.2) is 0 Å². The molecule has 3 unspecified atom stereocenters. The molecule has 0 spiro atoms. The van der Waals surface area contributed by atoms with Crippen LogP contribution in [0.3, 0.4) is 0 Å². The molecule has 0 amide bonds. The first-order valence-electron chi connectivity index (χ1n) is 8.29. The minimum atomic E-state index is 0.514. The lowest BCUT2D eigenvalue weighted by Gasteiger charge is -2.28. The number of hydrogen-bond donors (Lipinski definition) is 1. The summed E-state index contributed by atoms with van der Waals surface area (Å²) in [6, 6.07) is 0.514. The molecular weight excluding hydrogens is 316 g/mol. The maximum absolute atomic E-state index is 5.13. The highest BCUT2D eigenvalue weighted by Crippen LogP contribution is 2.47. The standard InChI is InChI=1S/C16H26N2S3/c1-3-8-17-11-6-5-7-13-14(11)18-16(21-13)15-12(4-2)19-9-10-20-15/h11-12,15,17H,3-10H2,1-2H3. The van der Waals surface area contributed by atoms with Gasteiger partial charge in [-0.2, -0.15) is 11.8 Å². The van der Waals surface area contributed by atoms with Gasteiger partial charge in [0.2, 0.25) is 0 Å². The van der Waals surface area contributed by atoms with Crippen LogP contribution in [0.2, 0.25) is 0 Å². The van der Waals surface area contributed by atoms with E-state index in [-0.39, 0.29) is 0 Å². The van der Waals surface area contributed by atoms with Crippen LogP contribution >= 0.6 is 34.9 Å². The fourth-order valence-electron chi connectivity index (χ4n) is 3.21. The summed E-state index contributed by atoms with van der Waals surface area (Å²) in [7, 11) is 0. The molecule has 2 aliphatic rings. The summed E-state index contributed by atoms with van der Waals surface area (Å²) in [6.45, 7) is 5.68. The van der Waals surface area contributed by atoms with Gasteiger partial charge >= 0.3 is 0 Å². The topological polar surface area (TPSA) is 24.9 Å². The summed E-state index contributed by atoms with van der Waals surface area (Å²) < 4.78 is 0. The van der Waals surface area contributed by atoms with E-state index in [9.17, 15) is 0 Å².